The van der Waals surface area contributed by atoms with Crippen LogP contribution in [0.25, 0.3) is 0 Å². The third-order valence-corrected chi connectivity index (χ3v) is 7.57. The van der Waals surface area contributed by atoms with Gasteiger partial charge < -0.3 is 15.4 Å². The summed E-state index contributed by atoms with van der Waals surface area (Å²) in [6, 6.07) is 31.7. The van der Waals surface area contributed by atoms with Gasteiger partial charge in [0, 0.05) is 6.54 Å². The number of nitrogens with one attached hydrogen (secondary N) is 2. The van der Waals surface area contributed by atoms with Gasteiger partial charge in [0.2, 0.25) is 10.0 Å². The first-order valence-electron chi connectivity index (χ1n) is 11.7. The maximum Gasteiger partial charge on any atom is 0.488 e. The summed E-state index contributed by atoms with van der Waals surface area (Å²) >= 11 is 0. The monoisotopic (exact) mass is 500 g/mol. The van der Waals surface area contributed by atoms with Crippen LogP contribution in [0.3, 0.4) is 0 Å². The van der Waals surface area contributed by atoms with Crippen LogP contribution >= 0.6 is 0 Å². The molecule has 0 fully saturated rings. The van der Waals surface area contributed by atoms with Crippen molar-refractivity contribution in [3.05, 3.63) is 131 Å². The number of hydrogen-bond donors (Lipinski definition) is 4. The maximum absolute atomic E-state index is 13.5. The van der Waals surface area contributed by atoms with Crippen LogP contribution in [0.15, 0.2) is 114 Å². The van der Waals surface area contributed by atoms with Crippen molar-refractivity contribution in [2.24, 2.45) is 0 Å². The normalized spacial score (nSPS) is 13.2. The summed E-state index contributed by atoms with van der Waals surface area (Å²) in [5.74, 6) is 0. The summed E-state index contributed by atoms with van der Waals surface area (Å²) in [6.07, 6.45) is 0. The van der Waals surface area contributed by atoms with Crippen LogP contribution in [0.4, 0.5) is 0 Å². The number of hydrogen-bond acceptors (Lipinski definition) is 5. The quantitative estimate of drug-likeness (QED) is 0.251. The molecule has 0 aromatic heterocycles. The lowest BCUT2D eigenvalue weighted by Gasteiger charge is -2.30. The van der Waals surface area contributed by atoms with Crippen molar-refractivity contribution in [1.29, 1.82) is 0 Å². The Morgan fingerprint density at radius 2 is 1.25 bits per heavy atom. The van der Waals surface area contributed by atoms with Crippen molar-refractivity contribution >= 4 is 22.6 Å². The van der Waals surface area contributed by atoms with Crippen molar-refractivity contribution in [2.45, 2.75) is 30.4 Å². The van der Waals surface area contributed by atoms with Gasteiger partial charge in [0.15, 0.2) is 0 Å². The van der Waals surface area contributed by atoms with Crippen LogP contribution in [0.2, 0.25) is 0 Å². The molecule has 0 amide bonds. The molecule has 0 saturated carbocycles. The first kappa shape index (κ1) is 25.8. The summed E-state index contributed by atoms with van der Waals surface area (Å²) in [5.41, 5.74) is 3.77. The predicted octanol–water partition coefficient (Wildman–Crippen LogP) is 3.23. The Morgan fingerprint density at radius 1 is 0.722 bits per heavy atom. The molecule has 4 N–H and O–H groups in total. The van der Waals surface area contributed by atoms with Gasteiger partial charge in [-0.15, -0.1) is 0 Å². The molecule has 2 atom stereocenters. The van der Waals surface area contributed by atoms with E-state index in [2.05, 4.69) is 10.0 Å². The Bertz CT molecular complexity index is 1370. The molecule has 8 heteroatoms. The third kappa shape index (κ3) is 6.29. The fourth-order valence-electron chi connectivity index (χ4n) is 4.20. The van der Waals surface area contributed by atoms with E-state index in [9.17, 15) is 18.5 Å². The van der Waals surface area contributed by atoms with Gasteiger partial charge >= 0.3 is 7.12 Å². The minimum atomic E-state index is -3.85. The first-order valence-corrected chi connectivity index (χ1v) is 13.2. The SMILES string of the molecule is Cc1ccc(S(=O)(=O)N[C@H](c2ccccc2)[C@@H](NCc2ccccc2B(O)O)c2ccccc2)cc1. The molecule has 4 aromatic carbocycles. The molecular formula is C28H29BN2O4S. The van der Waals surface area contributed by atoms with Gasteiger partial charge in [0.05, 0.1) is 17.0 Å². The Morgan fingerprint density at radius 3 is 1.83 bits per heavy atom. The van der Waals surface area contributed by atoms with Gasteiger partial charge in [-0.05, 0) is 41.2 Å². The smallest absolute Gasteiger partial charge is 0.423 e. The van der Waals surface area contributed by atoms with Gasteiger partial charge in [-0.2, -0.15) is 0 Å². The summed E-state index contributed by atoms with van der Waals surface area (Å²) in [5, 5.41) is 23.1. The summed E-state index contributed by atoms with van der Waals surface area (Å²) in [6.45, 7) is 2.20. The molecule has 0 heterocycles. The standard InChI is InChI=1S/C28H29BN2O4S/c1-21-16-18-25(19-17-21)36(34,35)31-28(23-12-6-3-7-13-23)27(22-10-4-2-5-11-22)30-20-24-14-8-9-15-26(24)29(32)33/h2-19,27-28,30-33H,20H2,1H3/t27-,28+/m0/s1. The third-order valence-electron chi connectivity index (χ3n) is 6.11. The lowest BCUT2D eigenvalue weighted by atomic mass is 9.77. The topological polar surface area (TPSA) is 98.7 Å². The molecular weight excluding hydrogens is 471 g/mol. The largest absolute Gasteiger partial charge is 0.488 e. The Hall–Kier alpha value is -3.27. The van der Waals surface area contributed by atoms with Crippen molar-refractivity contribution in [3.8, 4) is 0 Å². The molecule has 0 spiro atoms. The molecule has 6 nitrogen and oxygen atoms in total. The second kappa shape index (κ2) is 11.6. The lowest BCUT2D eigenvalue weighted by molar-refractivity contribution is 0.417. The molecule has 36 heavy (non-hydrogen) atoms. The predicted molar refractivity (Wildman–Crippen MR) is 143 cm³/mol. The number of benzene rings is 4. The van der Waals surface area contributed by atoms with E-state index in [4.69, 9.17) is 0 Å². The lowest BCUT2D eigenvalue weighted by Crippen LogP contribution is -2.40. The number of rotatable bonds is 10. The molecule has 0 unspecified atom stereocenters. The van der Waals surface area contributed by atoms with Gasteiger partial charge in [-0.1, -0.05) is 103 Å². The van der Waals surface area contributed by atoms with Crippen molar-refractivity contribution in [2.75, 3.05) is 0 Å². The van der Waals surface area contributed by atoms with E-state index in [1.54, 1.807) is 36.4 Å². The highest BCUT2D eigenvalue weighted by Crippen LogP contribution is 2.31. The second-order valence-electron chi connectivity index (χ2n) is 8.66. The van der Waals surface area contributed by atoms with Gasteiger partial charge in [0.25, 0.3) is 0 Å². The average Bonchev–Trinajstić information content (AvgIpc) is 2.89. The van der Waals surface area contributed by atoms with Crippen LogP contribution in [-0.2, 0) is 16.6 Å². The molecule has 4 rings (SSSR count). The zero-order valence-corrected chi connectivity index (χ0v) is 20.8. The zero-order chi connectivity index (χ0) is 25.5. The zero-order valence-electron chi connectivity index (χ0n) is 20.0. The number of sulfonamides is 1. The molecule has 0 aliphatic rings. The van der Waals surface area contributed by atoms with E-state index in [1.165, 1.54) is 0 Å². The second-order valence-corrected chi connectivity index (χ2v) is 10.4. The first-order chi connectivity index (χ1) is 17.3. The van der Waals surface area contributed by atoms with Gasteiger partial charge in [-0.25, -0.2) is 13.1 Å². The molecule has 0 aliphatic carbocycles. The highest BCUT2D eigenvalue weighted by atomic mass is 32.2. The van der Waals surface area contributed by atoms with Crippen molar-refractivity contribution in [1.82, 2.24) is 10.0 Å². The Kier molecular flexibility index (Phi) is 8.35. The van der Waals surface area contributed by atoms with E-state index >= 15 is 0 Å². The van der Waals surface area contributed by atoms with E-state index in [0.717, 1.165) is 16.7 Å². The summed E-state index contributed by atoms with van der Waals surface area (Å²) in [7, 11) is -5.46. The van der Waals surface area contributed by atoms with Crippen LogP contribution in [0.5, 0.6) is 0 Å². The van der Waals surface area contributed by atoms with Crippen LogP contribution in [-0.4, -0.2) is 25.6 Å². The van der Waals surface area contributed by atoms with Crippen LogP contribution < -0.4 is 15.5 Å². The van der Waals surface area contributed by atoms with E-state index < -0.39 is 29.2 Å². The fraction of sp³-hybridized carbons (Fsp3) is 0.143. The van der Waals surface area contributed by atoms with Gasteiger partial charge in [0.1, 0.15) is 0 Å². The summed E-state index contributed by atoms with van der Waals surface area (Å²) < 4.78 is 29.9. The highest BCUT2D eigenvalue weighted by molar-refractivity contribution is 7.89. The van der Waals surface area contributed by atoms with Crippen LogP contribution in [0.1, 0.15) is 34.3 Å². The minimum Gasteiger partial charge on any atom is -0.423 e. The van der Waals surface area contributed by atoms with Crippen molar-refractivity contribution < 1.29 is 18.5 Å². The summed E-state index contributed by atoms with van der Waals surface area (Å²) in [4.78, 5) is 0.189. The van der Waals surface area contributed by atoms with Crippen LogP contribution in [0, 0.1) is 6.92 Å². The molecule has 4 aromatic rings. The maximum atomic E-state index is 13.5. The molecule has 0 radical (unpaired) electrons. The minimum absolute atomic E-state index is 0.189. The molecule has 0 bridgehead atoms. The van der Waals surface area contributed by atoms with E-state index in [-0.39, 0.29) is 4.90 Å². The van der Waals surface area contributed by atoms with E-state index in [1.807, 2.05) is 79.7 Å². The Labute approximate surface area is 212 Å². The fourth-order valence-corrected chi connectivity index (χ4v) is 5.43. The average molecular weight is 500 g/mol. The molecule has 0 aliphatic heterocycles. The Balaban J connectivity index is 1.74. The van der Waals surface area contributed by atoms with Crippen molar-refractivity contribution in [3.63, 3.8) is 0 Å². The van der Waals surface area contributed by atoms with Gasteiger partial charge in [-0.3, -0.25) is 0 Å². The molecule has 184 valence electrons. The van der Waals surface area contributed by atoms with E-state index in [0.29, 0.717) is 17.6 Å². The highest BCUT2D eigenvalue weighted by Gasteiger charge is 2.30. The molecule has 0 saturated heterocycles. The number of aryl methyl sites for hydroxylation is 1.